The van der Waals surface area contributed by atoms with Crippen molar-refractivity contribution in [2.75, 3.05) is 11.9 Å². The number of hydrogen-bond donors (Lipinski definition) is 1. The molecule has 0 bridgehead atoms. The summed E-state index contributed by atoms with van der Waals surface area (Å²) in [4.78, 5) is 16.8. The molecule has 0 aromatic heterocycles. The highest BCUT2D eigenvalue weighted by Gasteiger charge is 2.31. The molecule has 5 heteroatoms. The highest BCUT2D eigenvalue weighted by Crippen LogP contribution is 2.38. The molecule has 3 atom stereocenters. The molecular weight excluding hydrogens is 470 g/mol. The molecule has 1 aliphatic carbocycles. The van der Waals surface area contributed by atoms with Gasteiger partial charge in [-0.3, -0.25) is 14.4 Å². The Labute approximate surface area is 227 Å². The number of anilines is 1. The van der Waals surface area contributed by atoms with Gasteiger partial charge in [-0.1, -0.05) is 44.2 Å². The molecule has 0 saturated heterocycles. The van der Waals surface area contributed by atoms with Crippen molar-refractivity contribution in [2.24, 2.45) is 16.8 Å². The second-order valence-corrected chi connectivity index (χ2v) is 10.9. The average Bonchev–Trinajstić information content (AvgIpc) is 3.15. The Morgan fingerprint density at radius 1 is 1.00 bits per heavy atom. The number of hydrogen-bond acceptors (Lipinski definition) is 3. The van der Waals surface area contributed by atoms with Gasteiger partial charge >= 0.3 is 0 Å². The van der Waals surface area contributed by atoms with Crippen molar-refractivity contribution >= 4 is 23.0 Å². The van der Waals surface area contributed by atoms with E-state index in [4.69, 9.17) is 0 Å². The molecule has 5 nitrogen and oxygen atoms in total. The fourth-order valence-corrected chi connectivity index (χ4v) is 5.60. The van der Waals surface area contributed by atoms with E-state index in [1.165, 1.54) is 23.4 Å². The van der Waals surface area contributed by atoms with Crippen LogP contribution in [0.25, 0.3) is 0 Å². The van der Waals surface area contributed by atoms with Crippen LogP contribution in [-0.4, -0.2) is 18.2 Å². The molecule has 0 fully saturated rings. The predicted molar refractivity (Wildman–Crippen MR) is 160 cm³/mol. The zero-order valence-electron chi connectivity index (χ0n) is 23.2. The Bertz CT molecular complexity index is 1240. The van der Waals surface area contributed by atoms with Crippen LogP contribution in [0.3, 0.4) is 0 Å². The molecule has 0 spiro atoms. The number of nitrogens with zero attached hydrogens (tertiary/aromatic N) is 2. The molecule has 2 unspecified atom stereocenters. The summed E-state index contributed by atoms with van der Waals surface area (Å²) in [6.45, 7) is 9.28. The monoisotopic (exact) mass is 511 g/mol. The van der Waals surface area contributed by atoms with Crippen LogP contribution in [0, 0.1) is 17.0 Å². The first-order valence-corrected chi connectivity index (χ1v) is 13.9. The second-order valence-electron chi connectivity index (χ2n) is 10.9. The standard InChI is InChI=1S/C23H24N2O2.C10H17N/c26-23(19-10-2-1-3-11-19)24-20-13-15-21(16-14-20)25(27)17-7-6-9-18-8-4-5-12-22(18)25;1-7-5-8(2)10(4)11-9(3)6-7/h1-3,5,10-16H,4,6-9,17H2,(H,24,26);6-8H,5H2,1-4H3/t;7?,8-/m.1/s1. The van der Waals surface area contributed by atoms with Crippen molar-refractivity contribution in [1.29, 1.82) is 0 Å². The molecule has 3 aliphatic rings. The third-order valence-corrected chi connectivity index (χ3v) is 7.74. The van der Waals surface area contributed by atoms with E-state index in [0.29, 0.717) is 29.6 Å². The molecule has 2 heterocycles. The summed E-state index contributed by atoms with van der Waals surface area (Å²) in [6.07, 6.45) is 12.7. The lowest BCUT2D eigenvalue weighted by molar-refractivity contribution is 0.102. The Hall–Kier alpha value is -3.28. The van der Waals surface area contributed by atoms with E-state index < -0.39 is 4.65 Å². The summed E-state index contributed by atoms with van der Waals surface area (Å²) in [7, 11) is 0. The Morgan fingerprint density at radius 2 is 1.74 bits per heavy atom. The van der Waals surface area contributed by atoms with Crippen molar-refractivity contribution in [3.8, 4) is 0 Å². The number of nitrogens with one attached hydrogen (secondary N) is 1. The Kier molecular flexibility index (Phi) is 9.13. The lowest BCUT2D eigenvalue weighted by atomic mass is 9.95. The number of carbonyl (C=O) groups is 1. The number of aliphatic imine (C=N–C) groups is 1. The number of quaternary nitrogens is 1. The first kappa shape index (κ1) is 27.7. The molecule has 5 rings (SSSR count). The topological polar surface area (TPSA) is 64.5 Å². The lowest BCUT2D eigenvalue weighted by Crippen LogP contribution is -2.42. The van der Waals surface area contributed by atoms with E-state index in [2.05, 4.69) is 50.2 Å². The maximum Gasteiger partial charge on any atom is 0.255 e. The van der Waals surface area contributed by atoms with E-state index >= 15 is 0 Å². The van der Waals surface area contributed by atoms with Gasteiger partial charge in [0.1, 0.15) is 11.4 Å². The number of amides is 1. The van der Waals surface area contributed by atoms with Gasteiger partial charge in [0, 0.05) is 34.8 Å². The maximum absolute atomic E-state index is 13.8. The van der Waals surface area contributed by atoms with Crippen LogP contribution in [0.4, 0.5) is 11.4 Å². The molecule has 0 radical (unpaired) electrons. The highest BCUT2D eigenvalue weighted by molar-refractivity contribution is 6.04. The summed E-state index contributed by atoms with van der Waals surface area (Å²) in [5.74, 6) is 1.19. The highest BCUT2D eigenvalue weighted by atomic mass is 16.5. The Balaban J connectivity index is 0.000000257. The SMILES string of the molecule is CC1=CC(C)C[C@@H](C)C(C)=N1.O=C(Nc1ccc([N+]2([O-])CCCCC3=C2C=CCC3)cc1)c1ccccc1. The number of hydroxylamine groups is 2. The minimum atomic E-state index is -0.390. The van der Waals surface area contributed by atoms with Gasteiger partial charge in [-0.05, 0) is 100 Å². The largest absolute Gasteiger partial charge is 0.622 e. The summed E-state index contributed by atoms with van der Waals surface area (Å²) in [5, 5.41) is 16.7. The molecule has 1 N–H and O–H groups in total. The molecule has 38 heavy (non-hydrogen) atoms. The lowest BCUT2D eigenvalue weighted by Gasteiger charge is -2.43. The van der Waals surface area contributed by atoms with Crippen LogP contribution in [0.5, 0.6) is 0 Å². The van der Waals surface area contributed by atoms with Crippen molar-refractivity contribution in [3.63, 3.8) is 0 Å². The Morgan fingerprint density at radius 3 is 2.47 bits per heavy atom. The van der Waals surface area contributed by atoms with E-state index in [1.54, 1.807) is 12.1 Å². The van der Waals surface area contributed by atoms with Gasteiger partial charge in [-0.2, -0.15) is 0 Å². The van der Waals surface area contributed by atoms with Crippen LogP contribution in [0.15, 0.2) is 94.8 Å². The molecule has 2 aliphatic heterocycles. The van der Waals surface area contributed by atoms with Crippen molar-refractivity contribution in [3.05, 3.63) is 101 Å². The number of allylic oxidation sites excluding steroid dienone is 5. The molecule has 200 valence electrons. The quantitative estimate of drug-likeness (QED) is 0.331. The first-order valence-electron chi connectivity index (χ1n) is 13.9. The molecule has 0 saturated carbocycles. The number of rotatable bonds is 3. The van der Waals surface area contributed by atoms with Gasteiger partial charge < -0.3 is 10.5 Å². The fraction of sp³-hybridized carbons (Fsp3) is 0.394. The summed E-state index contributed by atoms with van der Waals surface area (Å²) in [5.41, 5.74) is 6.73. The molecule has 2 aromatic rings. The fourth-order valence-electron chi connectivity index (χ4n) is 5.60. The van der Waals surface area contributed by atoms with Crippen LogP contribution < -0.4 is 9.96 Å². The molecule has 2 aromatic carbocycles. The smallest absolute Gasteiger partial charge is 0.255 e. The van der Waals surface area contributed by atoms with Gasteiger partial charge in [0.05, 0.1) is 6.54 Å². The van der Waals surface area contributed by atoms with Crippen molar-refractivity contribution in [2.45, 2.75) is 66.2 Å². The van der Waals surface area contributed by atoms with E-state index in [0.717, 1.165) is 43.5 Å². The minimum Gasteiger partial charge on any atom is -0.622 e. The number of carbonyl (C=O) groups excluding carboxylic acids is 1. The third-order valence-electron chi connectivity index (χ3n) is 7.74. The number of benzene rings is 2. The summed E-state index contributed by atoms with van der Waals surface area (Å²) in [6, 6.07) is 16.5. The summed E-state index contributed by atoms with van der Waals surface area (Å²) >= 11 is 0. The zero-order valence-corrected chi connectivity index (χ0v) is 23.2. The van der Waals surface area contributed by atoms with Gasteiger partial charge in [0.15, 0.2) is 0 Å². The molecular formula is C33H41N3O2. The second kappa shape index (κ2) is 12.5. The average molecular weight is 512 g/mol. The van der Waals surface area contributed by atoms with E-state index in [1.807, 2.05) is 48.5 Å². The van der Waals surface area contributed by atoms with Crippen LogP contribution in [0.2, 0.25) is 0 Å². The van der Waals surface area contributed by atoms with Gasteiger partial charge in [0.2, 0.25) is 0 Å². The normalized spacial score (nSPS) is 25.1. The van der Waals surface area contributed by atoms with Gasteiger partial charge in [0.25, 0.3) is 5.91 Å². The van der Waals surface area contributed by atoms with Crippen LogP contribution in [-0.2, 0) is 0 Å². The van der Waals surface area contributed by atoms with Crippen LogP contribution in [0.1, 0.15) is 76.6 Å². The predicted octanol–water partition coefficient (Wildman–Crippen LogP) is 8.56. The maximum atomic E-state index is 13.8. The molecule has 1 amide bonds. The van der Waals surface area contributed by atoms with Crippen molar-refractivity contribution < 1.29 is 4.79 Å². The first-order chi connectivity index (χ1) is 18.3. The van der Waals surface area contributed by atoms with Crippen LogP contribution >= 0.6 is 0 Å². The van der Waals surface area contributed by atoms with Crippen molar-refractivity contribution in [1.82, 2.24) is 4.65 Å². The van der Waals surface area contributed by atoms with E-state index in [-0.39, 0.29) is 5.91 Å². The van der Waals surface area contributed by atoms with Gasteiger partial charge in [-0.15, -0.1) is 0 Å². The minimum absolute atomic E-state index is 0.149. The van der Waals surface area contributed by atoms with E-state index in [9.17, 15) is 10.0 Å². The zero-order chi connectivity index (χ0) is 27.1. The third kappa shape index (κ3) is 6.77. The summed E-state index contributed by atoms with van der Waals surface area (Å²) < 4.78 is -0.390. The van der Waals surface area contributed by atoms with Gasteiger partial charge in [-0.25, -0.2) is 0 Å².